The summed E-state index contributed by atoms with van der Waals surface area (Å²) in [6.45, 7) is 2.66. The Morgan fingerprint density at radius 1 is 1.32 bits per heavy atom. The van der Waals surface area contributed by atoms with Gasteiger partial charge in [-0.3, -0.25) is 4.79 Å². The van der Waals surface area contributed by atoms with Gasteiger partial charge in [0.1, 0.15) is 5.75 Å². The first kappa shape index (κ1) is 15.5. The van der Waals surface area contributed by atoms with Gasteiger partial charge in [0.15, 0.2) is 0 Å². The highest BCUT2D eigenvalue weighted by atomic mass is 16.5. The summed E-state index contributed by atoms with van der Waals surface area (Å²) in [5.74, 6) is 0.883. The molecule has 1 atom stereocenters. The Kier molecular flexibility index (Phi) is 6.97. The Hall–Kier alpha value is -1.55. The predicted molar refractivity (Wildman–Crippen MR) is 77.1 cm³/mol. The van der Waals surface area contributed by atoms with E-state index in [2.05, 4.69) is 5.32 Å². The van der Waals surface area contributed by atoms with Gasteiger partial charge < -0.3 is 15.8 Å². The fourth-order valence-corrected chi connectivity index (χ4v) is 2.02. The highest BCUT2D eigenvalue weighted by Crippen LogP contribution is 2.24. The standard InChI is InChI=1S/C15H24N2O2/c1-12(13-8-5-6-9-14(13)19-2)17-15(18)10-4-3-7-11-16/h5-6,8-9,12H,3-4,7,10-11,16H2,1-2H3,(H,17,18)/t12-/m1/s1. The molecule has 3 N–H and O–H groups in total. The van der Waals surface area contributed by atoms with E-state index >= 15 is 0 Å². The summed E-state index contributed by atoms with van der Waals surface area (Å²) in [4.78, 5) is 11.8. The zero-order valence-corrected chi connectivity index (χ0v) is 11.8. The van der Waals surface area contributed by atoms with Crippen molar-refractivity contribution < 1.29 is 9.53 Å². The molecule has 1 amide bonds. The van der Waals surface area contributed by atoms with Crippen molar-refractivity contribution in [3.05, 3.63) is 29.8 Å². The van der Waals surface area contributed by atoms with Gasteiger partial charge in [-0.1, -0.05) is 24.6 Å². The first-order chi connectivity index (χ1) is 9.19. The van der Waals surface area contributed by atoms with E-state index in [4.69, 9.17) is 10.5 Å². The number of carbonyl (C=O) groups is 1. The van der Waals surface area contributed by atoms with Gasteiger partial charge in [0.2, 0.25) is 5.91 Å². The largest absolute Gasteiger partial charge is 0.496 e. The Balaban J connectivity index is 2.45. The van der Waals surface area contributed by atoms with E-state index < -0.39 is 0 Å². The fraction of sp³-hybridized carbons (Fsp3) is 0.533. The van der Waals surface area contributed by atoms with Crippen LogP contribution in [0.4, 0.5) is 0 Å². The molecule has 0 aliphatic carbocycles. The average Bonchev–Trinajstić information content (AvgIpc) is 2.43. The number of benzene rings is 1. The maximum absolute atomic E-state index is 11.8. The second-order valence-electron chi connectivity index (χ2n) is 4.63. The molecule has 0 radical (unpaired) electrons. The molecule has 19 heavy (non-hydrogen) atoms. The number of amides is 1. The van der Waals surface area contributed by atoms with E-state index in [0.29, 0.717) is 13.0 Å². The molecule has 0 aliphatic heterocycles. The van der Waals surface area contributed by atoms with E-state index in [-0.39, 0.29) is 11.9 Å². The van der Waals surface area contributed by atoms with E-state index in [9.17, 15) is 4.79 Å². The summed E-state index contributed by atoms with van der Waals surface area (Å²) in [6.07, 6.45) is 3.43. The first-order valence-corrected chi connectivity index (χ1v) is 6.81. The number of para-hydroxylation sites is 1. The minimum Gasteiger partial charge on any atom is -0.496 e. The van der Waals surface area contributed by atoms with Crippen LogP contribution in [-0.4, -0.2) is 19.6 Å². The van der Waals surface area contributed by atoms with Gasteiger partial charge >= 0.3 is 0 Å². The van der Waals surface area contributed by atoms with Crippen LogP contribution in [0.1, 0.15) is 44.2 Å². The van der Waals surface area contributed by atoms with E-state index in [1.807, 2.05) is 31.2 Å². The van der Waals surface area contributed by atoms with E-state index in [1.165, 1.54) is 0 Å². The maximum atomic E-state index is 11.8. The van der Waals surface area contributed by atoms with E-state index in [1.54, 1.807) is 7.11 Å². The molecule has 106 valence electrons. The van der Waals surface area contributed by atoms with Gasteiger partial charge in [0, 0.05) is 12.0 Å². The van der Waals surface area contributed by atoms with Crippen LogP contribution in [-0.2, 0) is 4.79 Å². The van der Waals surface area contributed by atoms with Crippen molar-refractivity contribution in [1.29, 1.82) is 0 Å². The first-order valence-electron chi connectivity index (χ1n) is 6.81. The Morgan fingerprint density at radius 3 is 2.74 bits per heavy atom. The summed E-state index contributed by atoms with van der Waals surface area (Å²) in [5.41, 5.74) is 6.42. The monoisotopic (exact) mass is 264 g/mol. The smallest absolute Gasteiger partial charge is 0.220 e. The Labute approximate surface area is 115 Å². The number of carbonyl (C=O) groups excluding carboxylic acids is 1. The van der Waals surface area contributed by atoms with Crippen molar-refractivity contribution in [3.8, 4) is 5.75 Å². The second-order valence-corrected chi connectivity index (χ2v) is 4.63. The lowest BCUT2D eigenvalue weighted by Gasteiger charge is -2.17. The number of hydrogen-bond acceptors (Lipinski definition) is 3. The maximum Gasteiger partial charge on any atom is 0.220 e. The molecule has 4 nitrogen and oxygen atoms in total. The molecule has 1 aromatic rings. The molecule has 0 saturated carbocycles. The van der Waals surface area contributed by atoms with Gasteiger partial charge in [-0.2, -0.15) is 0 Å². The predicted octanol–water partition coefficient (Wildman–Crippen LogP) is 2.39. The zero-order valence-electron chi connectivity index (χ0n) is 11.8. The van der Waals surface area contributed by atoms with Crippen LogP contribution in [0.25, 0.3) is 0 Å². The molecule has 0 spiro atoms. The third kappa shape index (κ3) is 5.30. The van der Waals surface area contributed by atoms with Crippen molar-refractivity contribution in [2.75, 3.05) is 13.7 Å². The SMILES string of the molecule is COc1ccccc1[C@@H](C)NC(=O)CCCCCN. The van der Waals surface area contributed by atoms with Gasteiger partial charge in [-0.15, -0.1) is 0 Å². The summed E-state index contributed by atoms with van der Waals surface area (Å²) in [5, 5.41) is 3.00. The van der Waals surface area contributed by atoms with Gasteiger partial charge in [-0.05, 0) is 32.4 Å². The number of nitrogens with two attached hydrogens (primary N) is 1. The molecule has 1 rings (SSSR count). The lowest BCUT2D eigenvalue weighted by molar-refractivity contribution is -0.121. The van der Waals surface area contributed by atoms with Crippen LogP contribution >= 0.6 is 0 Å². The zero-order chi connectivity index (χ0) is 14.1. The van der Waals surface area contributed by atoms with Crippen molar-refractivity contribution in [2.24, 2.45) is 5.73 Å². The van der Waals surface area contributed by atoms with Crippen molar-refractivity contribution in [2.45, 2.75) is 38.6 Å². The Morgan fingerprint density at radius 2 is 2.05 bits per heavy atom. The number of methoxy groups -OCH3 is 1. The van der Waals surface area contributed by atoms with Crippen LogP contribution in [0.2, 0.25) is 0 Å². The highest BCUT2D eigenvalue weighted by molar-refractivity contribution is 5.76. The van der Waals surface area contributed by atoms with Gasteiger partial charge in [-0.25, -0.2) is 0 Å². The summed E-state index contributed by atoms with van der Waals surface area (Å²) in [7, 11) is 1.64. The number of ether oxygens (including phenoxy) is 1. The molecular formula is C15H24N2O2. The third-order valence-corrected chi connectivity index (χ3v) is 3.09. The molecule has 0 fully saturated rings. The van der Waals surface area contributed by atoms with Crippen LogP contribution in [0.3, 0.4) is 0 Å². The lowest BCUT2D eigenvalue weighted by atomic mass is 10.1. The number of rotatable bonds is 8. The van der Waals surface area contributed by atoms with Crippen LogP contribution in [0.15, 0.2) is 24.3 Å². The molecule has 0 heterocycles. The van der Waals surface area contributed by atoms with Crippen LogP contribution < -0.4 is 15.8 Å². The molecule has 0 saturated heterocycles. The highest BCUT2D eigenvalue weighted by Gasteiger charge is 2.12. The van der Waals surface area contributed by atoms with Gasteiger partial charge in [0.25, 0.3) is 0 Å². The second kappa shape index (κ2) is 8.53. The fourth-order valence-electron chi connectivity index (χ4n) is 2.02. The summed E-state index contributed by atoms with van der Waals surface area (Å²) < 4.78 is 5.30. The Bertz CT molecular complexity index is 393. The summed E-state index contributed by atoms with van der Waals surface area (Å²) in [6, 6.07) is 7.70. The van der Waals surface area contributed by atoms with Crippen LogP contribution in [0.5, 0.6) is 5.75 Å². The molecule has 0 aromatic heterocycles. The molecular weight excluding hydrogens is 240 g/mol. The van der Waals surface area contributed by atoms with Crippen LogP contribution in [0, 0.1) is 0 Å². The van der Waals surface area contributed by atoms with Crippen molar-refractivity contribution >= 4 is 5.91 Å². The average molecular weight is 264 g/mol. The molecule has 0 bridgehead atoms. The molecule has 0 unspecified atom stereocenters. The minimum absolute atomic E-state index is 0.0434. The third-order valence-electron chi connectivity index (χ3n) is 3.09. The molecule has 0 aliphatic rings. The normalized spacial score (nSPS) is 11.9. The number of unbranched alkanes of at least 4 members (excludes halogenated alkanes) is 2. The summed E-state index contributed by atoms with van der Waals surface area (Å²) >= 11 is 0. The van der Waals surface area contributed by atoms with Crippen molar-refractivity contribution in [3.63, 3.8) is 0 Å². The quantitative estimate of drug-likeness (QED) is 0.709. The van der Waals surface area contributed by atoms with E-state index in [0.717, 1.165) is 30.6 Å². The lowest BCUT2D eigenvalue weighted by Crippen LogP contribution is -2.26. The van der Waals surface area contributed by atoms with Crippen molar-refractivity contribution in [1.82, 2.24) is 5.32 Å². The number of hydrogen-bond donors (Lipinski definition) is 2. The number of nitrogens with one attached hydrogen (secondary N) is 1. The molecule has 1 aromatic carbocycles. The molecule has 4 heteroatoms. The van der Waals surface area contributed by atoms with Gasteiger partial charge in [0.05, 0.1) is 13.2 Å². The topological polar surface area (TPSA) is 64.3 Å². The minimum atomic E-state index is -0.0434.